The molecule has 22 heavy (non-hydrogen) atoms. The van der Waals surface area contributed by atoms with Crippen molar-refractivity contribution in [3.05, 3.63) is 0 Å². The van der Waals surface area contributed by atoms with E-state index >= 15 is 0 Å². The molecule has 2 bridgehead atoms. The number of rotatable bonds is 1. The Labute approximate surface area is 132 Å². The Kier molecular flexibility index (Phi) is 3.37. The lowest BCUT2D eigenvalue weighted by Gasteiger charge is -2.67. The van der Waals surface area contributed by atoms with Gasteiger partial charge in [-0.05, 0) is 57.5 Å². The smallest absolute Gasteiger partial charge is 0.302 e. The van der Waals surface area contributed by atoms with Crippen LogP contribution in [0.2, 0.25) is 0 Å². The lowest BCUT2D eigenvalue weighted by molar-refractivity contribution is -0.206. The minimum atomic E-state index is -0.189. The van der Waals surface area contributed by atoms with E-state index in [4.69, 9.17) is 4.74 Å². The summed E-state index contributed by atoms with van der Waals surface area (Å²) >= 11 is 0. The van der Waals surface area contributed by atoms with E-state index < -0.39 is 0 Å². The molecular formula is C18H27NO3. The first-order chi connectivity index (χ1) is 10.5. The number of piperidine rings is 2. The zero-order chi connectivity index (χ0) is 15.5. The summed E-state index contributed by atoms with van der Waals surface area (Å²) in [6.45, 7) is 5.94. The Bertz CT molecular complexity index is 503. The van der Waals surface area contributed by atoms with Gasteiger partial charge in [-0.25, -0.2) is 0 Å². The number of carbonyl (C=O) groups excluding carboxylic acids is 2. The average Bonchev–Trinajstić information content (AvgIpc) is 2.47. The number of esters is 1. The van der Waals surface area contributed by atoms with E-state index in [9.17, 15) is 9.59 Å². The number of ether oxygens (including phenoxy) is 1. The second kappa shape index (κ2) is 5.05. The molecule has 0 aromatic carbocycles. The van der Waals surface area contributed by atoms with E-state index in [0.717, 1.165) is 32.4 Å². The van der Waals surface area contributed by atoms with Crippen LogP contribution >= 0.6 is 0 Å². The molecule has 0 aromatic rings. The molecular weight excluding hydrogens is 278 g/mol. The number of hydrogen-bond acceptors (Lipinski definition) is 4. The summed E-state index contributed by atoms with van der Waals surface area (Å²) in [4.78, 5) is 27.0. The molecule has 2 aliphatic carbocycles. The van der Waals surface area contributed by atoms with Crippen LogP contribution in [0.5, 0.6) is 0 Å². The fourth-order valence-electron chi connectivity index (χ4n) is 6.46. The van der Waals surface area contributed by atoms with Crippen LogP contribution in [-0.4, -0.2) is 41.4 Å². The van der Waals surface area contributed by atoms with Gasteiger partial charge in [0.15, 0.2) is 0 Å². The first kappa shape index (κ1) is 14.7. The van der Waals surface area contributed by atoms with Crippen LogP contribution in [0.1, 0.15) is 52.4 Å². The Morgan fingerprint density at radius 1 is 1.23 bits per heavy atom. The number of Topliss-reactive ketones (excluding diaryl/α,β-unsaturated/α-hetero) is 1. The summed E-state index contributed by atoms with van der Waals surface area (Å²) in [7, 11) is 0. The van der Waals surface area contributed by atoms with Gasteiger partial charge in [0, 0.05) is 30.2 Å². The standard InChI is InChI=1S/C18H27NO3/c1-11-10-18-14-5-3-7-19(18)8-4-6-15(18)16(22-12(2)20)9-13(14)17(11)21/h11,13-16H,3-10H2,1-2H3/t11?,13-,14+,15+,16+,18+/m0/s1. The molecule has 4 fully saturated rings. The van der Waals surface area contributed by atoms with Crippen LogP contribution in [0.25, 0.3) is 0 Å². The zero-order valence-electron chi connectivity index (χ0n) is 13.7. The van der Waals surface area contributed by atoms with Gasteiger partial charge in [-0.2, -0.15) is 0 Å². The highest BCUT2D eigenvalue weighted by Gasteiger charge is 2.65. The van der Waals surface area contributed by atoms with Crippen molar-refractivity contribution in [1.82, 2.24) is 4.90 Å². The van der Waals surface area contributed by atoms with E-state index in [2.05, 4.69) is 11.8 Å². The molecule has 0 radical (unpaired) electrons. The van der Waals surface area contributed by atoms with Crippen LogP contribution in [0, 0.1) is 23.7 Å². The van der Waals surface area contributed by atoms with Crippen molar-refractivity contribution in [1.29, 1.82) is 0 Å². The largest absolute Gasteiger partial charge is 0.462 e. The Morgan fingerprint density at radius 3 is 2.59 bits per heavy atom. The third kappa shape index (κ3) is 1.85. The van der Waals surface area contributed by atoms with E-state index in [0.29, 0.717) is 17.6 Å². The molecule has 2 heterocycles. The summed E-state index contributed by atoms with van der Waals surface area (Å²) in [5.41, 5.74) is 0.132. The summed E-state index contributed by atoms with van der Waals surface area (Å²) < 4.78 is 5.72. The Balaban J connectivity index is 1.78. The van der Waals surface area contributed by atoms with Gasteiger partial charge in [0.25, 0.3) is 0 Å². The Morgan fingerprint density at radius 2 is 1.91 bits per heavy atom. The van der Waals surface area contributed by atoms with Gasteiger partial charge < -0.3 is 4.74 Å². The SMILES string of the molecule is CC(=O)O[C@@H]1C[C@@H]2C(=O)C(C)C[C@]34[C@@H]2CCCN3CCC[C@H]14. The molecule has 2 saturated heterocycles. The van der Waals surface area contributed by atoms with Crippen molar-refractivity contribution in [2.24, 2.45) is 23.7 Å². The first-order valence-corrected chi connectivity index (χ1v) is 9.00. The molecule has 2 saturated carbocycles. The number of nitrogens with zero attached hydrogens (tertiary/aromatic N) is 1. The number of hydrogen-bond donors (Lipinski definition) is 0. The highest BCUT2D eigenvalue weighted by atomic mass is 16.5. The predicted molar refractivity (Wildman–Crippen MR) is 82.2 cm³/mol. The van der Waals surface area contributed by atoms with Crippen molar-refractivity contribution >= 4 is 11.8 Å². The lowest BCUT2D eigenvalue weighted by atomic mass is 9.48. The maximum atomic E-state index is 12.8. The van der Waals surface area contributed by atoms with Gasteiger partial charge in [-0.1, -0.05) is 6.92 Å². The summed E-state index contributed by atoms with van der Waals surface area (Å²) in [5, 5.41) is 0. The Hall–Kier alpha value is -0.900. The lowest BCUT2D eigenvalue weighted by Crippen LogP contribution is -2.73. The molecule has 0 amide bonds. The van der Waals surface area contributed by atoms with E-state index in [1.807, 2.05) is 0 Å². The highest BCUT2D eigenvalue weighted by molar-refractivity contribution is 5.85. The molecule has 4 rings (SSSR count). The average molecular weight is 305 g/mol. The molecule has 4 heteroatoms. The molecule has 2 aliphatic heterocycles. The van der Waals surface area contributed by atoms with Crippen molar-refractivity contribution < 1.29 is 14.3 Å². The fraction of sp³-hybridized carbons (Fsp3) is 0.889. The van der Waals surface area contributed by atoms with Crippen LogP contribution in [0.15, 0.2) is 0 Å². The topological polar surface area (TPSA) is 46.6 Å². The van der Waals surface area contributed by atoms with Crippen LogP contribution < -0.4 is 0 Å². The van der Waals surface area contributed by atoms with Gasteiger partial charge in [0.05, 0.1) is 0 Å². The molecule has 6 atom stereocenters. The van der Waals surface area contributed by atoms with E-state index in [-0.39, 0.29) is 29.4 Å². The second-order valence-corrected chi connectivity index (χ2v) is 7.97. The van der Waals surface area contributed by atoms with Gasteiger partial charge >= 0.3 is 5.97 Å². The molecule has 4 aliphatic rings. The highest BCUT2D eigenvalue weighted by Crippen LogP contribution is 2.59. The first-order valence-electron chi connectivity index (χ1n) is 9.00. The molecule has 0 aromatic heterocycles. The van der Waals surface area contributed by atoms with Gasteiger partial charge in [-0.15, -0.1) is 0 Å². The van der Waals surface area contributed by atoms with Gasteiger partial charge in [0.2, 0.25) is 0 Å². The molecule has 4 nitrogen and oxygen atoms in total. The van der Waals surface area contributed by atoms with Crippen molar-refractivity contribution in [3.63, 3.8) is 0 Å². The van der Waals surface area contributed by atoms with Crippen LogP contribution in [0.3, 0.4) is 0 Å². The van der Waals surface area contributed by atoms with Gasteiger partial charge in [0.1, 0.15) is 11.9 Å². The summed E-state index contributed by atoms with van der Waals surface area (Å²) in [5.74, 6) is 1.46. The monoisotopic (exact) mass is 305 g/mol. The summed E-state index contributed by atoms with van der Waals surface area (Å²) in [6, 6.07) is 0. The molecule has 0 N–H and O–H groups in total. The normalized spacial score (nSPS) is 47.7. The van der Waals surface area contributed by atoms with E-state index in [1.165, 1.54) is 26.2 Å². The third-order valence-electron chi connectivity index (χ3n) is 6.98. The molecule has 1 spiro atoms. The minimum absolute atomic E-state index is 0.0453. The van der Waals surface area contributed by atoms with E-state index in [1.54, 1.807) is 0 Å². The van der Waals surface area contributed by atoms with Gasteiger partial charge in [-0.3, -0.25) is 14.5 Å². The maximum Gasteiger partial charge on any atom is 0.302 e. The van der Waals surface area contributed by atoms with Crippen molar-refractivity contribution in [3.8, 4) is 0 Å². The van der Waals surface area contributed by atoms with Crippen molar-refractivity contribution in [2.75, 3.05) is 13.1 Å². The fourth-order valence-corrected chi connectivity index (χ4v) is 6.46. The zero-order valence-corrected chi connectivity index (χ0v) is 13.7. The van der Waals surface area contributed by atoms with Crippen LogP contribution in [-0.2, 0) is 14.3 Å². The summed E-state index contributed by atoms with van der Waals surface area (Å²) in [6.07, 6.45) is 6.46. The maximum absolute atomic E-state index is 12.8. The molecule has 122 valence electrons. The molecule has 1 unspecified atom stereocenters. The number of ketones is 1. The second-order valence-electron chi connectivity index (χ2n) is 7.97. The van der Waals surface area contributed by atoms with Crippen LogP contribution in [0.4, 0.5) is 0 Å². The van der Waals surface area contributed by atoms with Crippen molar-refractivity contribution in [2.45, 2.75) is 64.0 Å². The third-order valence-corrected chi connectivity index (χ3v) is 6.98. The number of carbonyl (C=O) groups is 2. The predicted octanol–water partition coefficient (Wildman–Crippen LogP) is 2.41. The quantitative estimate of drug-likeness (QED) is 0.698. The minimum Gasteiger partial charge on any atom is -0.462 e.